The minimum atomic E-state index is -0.335. The van der Waals surface area contributed by atoms with E-state index in [1.54, 1.807) is 14.2 Å². The summed E-state index contributed by atoms with van der Waals surface area (Å²) in [6, 6.07) is -0.0320. The van der Waals surface area contributed by atoms with Gasteiger partial charge in [-0.3, -0.25) is 9.59 Å². The van der Waals surface area contributed by atoms with Crippen molar-refractivity contribution in [1.82, 2.24) is 9.80 Å². The highest BCUT2D eigenvalue weighted by molar-refractivity contribution is 5.79. The van der Waals surface area contributed by atoms with E-state index in [4.69, 9.17) is 9.47 Å². The second-order valence-corrected chi connectivity index (χ2v) is 10.8. The first kappa shape index (κ1) is 27.9. The van der Waals surface area contributed by atoms with Gasteiger partial charge in [0, 0.05) is 34.2 Å². The lowest BCUT2D eigenvalue weighted by atomic mass is 9.88. The van der Waals surface area contributed by atoms with E-state index in [-0.39, 0.29) is 53.9 Å². The Bertz CT molecular complexity index is 572. The molecule has 5 atom stereocenters. The number of hydrogen-bond acceptors (Lipinski definition) is 4. The standard InChI is InChI=1S/C25H48N2O4/c1-11-18(4)23(26(8)22(29)16-25(5,6)7)20(30-9)15-21(28)27-14-12-13-19(27)24(31-10)17(2)3/h17-20,23-24H,11-16H2,1-10H3. The van der Waals surface area contributed by atoms with Crippen LogP contribution in [-0.4, -0.2) is 73.7 Å². The molecule has 1 rings (SSSR count). The lowest BCUT2D eigenvalue weighted by molar-refractivity contribution is -0.145. The van der Waals surface area contributed by atoms with E-state index < -0.39 is 0 Å². The van der Waals surface area contributed by atoms with Gasteiger partial charge < -0.3 is 19.3 Å². The summed E-state index contributed by atoms with van der Waals surface area (Å²) < 4.78 is 11.6. The summed E-state index contributed by atoms with van der Waals surface area (Å²) in [5.41, 5.74) is -0.0848. The lowest BCUT2D eigenvalue weighted by Crippen LogP contribution is -2.52. The predicted molar refractivity (Wildman–Crippen MR) is 126 cm³/mol. The van der Waals surface area contributed by atoms with Crippen LogP contribution in [0.15, 0.2) is 0 Å². The molecule has 1 aliphatic heterocycles. The third-order valence-electron chi connectivity index (χ3n) is 6.74. The molecule has 5 unspecified atom stereocenters. The molecule has 1 heterocycles. The van der Waals surface area contributed by atoms with Crippen LogP contribution in [0.25, 0.3) is 0 Å². The quantitative estimate of drug-likeness (QED) is 0.479. The van der Waals surface area contributed by atoms with E-state index >= 15 is 0 Å². The van der Waals surface area contributed by atoms with Crippen LogP contribution in [0.5, 0.6) is 0 Å². The fraction of sp³-hybridized carbons (Fsp3) is 0.920. The molecule has 0 bridgehead atoms. The summed E-state index contributed by atoms with van der Waals surface area (Å²) in [5, 5.41) is 0. The summed E-state index contributed by atoms with van der Waals surface area (Å²) in [6.45, 7) is 15.5. The van der Waals surface area contributed by atoms with Gasteiger partial charge in [-0.25, -0.2) is 0 Å². The van der Waals surface area contributed by atoms with Crippen molar-refractivity contribution >= 4 is 11.8 Å². The predicted octanol–water partition coefficient (Wildman–Crippen LogP) is 4.36. The van der Waals surface area contributed by atoms with E-state index in [0.29, 0.717) is 12.3 Å². The molecule has 0 aliphatic carbocycles. The number of likely N-dealkylation sites (tertiary alicyclic amines) is 1. The SMILES string of the molecule is CCC(C)C(C(CC(=O)N1CCCC1C(OC)C(C)C)OC)N(C)C(=O)CC(C)(C)C. The van der Waals surface area contributed by atoms with Crippen LogP contribution >= 0.6 is 0 Å². The molecule has 0 aromatic carbocycles. The molecule has 182 valence electrons. The Labute approximate surface area is 191 Å². The molecule has 6 heteroatoms. The highest BCUT2D eigenvalue weighted by Crippen LogP contribution is 2.29. The third kappa shape index (κ3) is 7.74. The zero-order valence-corrected chi connectivity index (χ0v) is 21.7. The average Bonchev–Trinajstić information content (AvgIpc) is 3.15. The van der Waals surface area contributed by atoms with Gasteiger partial charge in [0.25, 0.3) is 0 Å². The van der Waals surface area contributed by atoms with Crippen LogP contribution in [0.3, 0.4) is 0 Å². The molecule has 0 aromatic rings. The van der Waals surface area contributed by atoms with Crippen molar-refractivity contribution in [3.8, 4) is 0 Å². The van der Waals surface area contributed by atoms with Gasteiger partial charge in [0.15, 0.2) is 0 Å². The van der Waals surface area contributed by atoms with Crippen molar-refractivity contribution in [3.63, 3.8) is 0 Å². The van der Waals surface area contributed by atoms with Crippen molar-refractivity contribution < 1.29 is 19.1 Å². The van der Waals surface area contributed by atoms with E-state index in [0.717, 1.165) is 25.8 Å². The number of rotatable bonds is 11. The summed E-state index contributed by atoms with van der Waals surface area (Å²) in [5.74, 6) is 0.770. The summed E-state index contributed by atoms with van der Waals surface area (Å²) in [4.78, 5) is 30.2. The molecular formula is C25H48N2O4. The van der Waals surface area contributed by atoms with E-state index in [9.17, 15) is 9.59 Å². The van der Waals surface area contributed by atoms with Crippen LogP contribution in [0.2, 0.25) is 0 Å². The Morgan fingerprint density at radius 2 is 1.74 bits per heavy atom. The Kier molecular flexibility index (Phi) is 11.0. The van der Waals surface area contributed by atoms with Gasteiger partial charge in [-0.2, -0.15) is 0 Å². The molecule has 1 aliphatic rings. The van der Waals surface area contributed by atoms with Crippen molar-refractivity contribution in [2.45, 2.75) is 105 Å². The molecule has 6 nitrogen and oxygen atoms in total. The summed E-state index contributed by atoms with van der Waals surface area (Å²) in [6.07, 6.45) is 3.34. The number of ether oxygens (including phenoxy) is 2. The molecule has 31 heavy (non-hydrogen) atoms. The Balaban J connectivity index is 3.03. The van der Waals surface area contributed by atoms with Gasteiger partial charge in [0.05, 0.1) is 30.7 Å². The summed E-state index contributed by atoms with van der Waals surface area (Å²) >= 11 is 0. The molecule has 0 radical (unpaired) electrons. The highest BCUT2D eigenvalue weighted by Gasteiger charge is 2.40. The van der Waals surface area contributed by atoms with Crippen LogP contribution in [0, 0.1) is 17.3 Å². The maximum Gasteiger partial charge on any atom is 0.225 e. The molecular weight excluding hydrogens is 392 g/mol. The number of hydrogen-bond donors (Lipinski definition) is 0. The van der Waals surface area contributed by atoms with Gasteiger partial charge in [-0.05, 0) is 30.1 Å². The third-order valence-corrected chi connectivity index (χ3v) is 6.74. The second-order valence-electron chi connectivity index (χ2n) is 10.8. The first-order valence-corrected chi connectivity index (χ1v) is 12.0. The zero-order chi connectivity index (χ0) is 23.9. The average molecular weight is 441 g/mol. The van der Waals surface area contributed by atoms with E-state index in [2.05, 4.69) is 48.5 Å². The van der Waals surface area contributed by atoms with Gasteiger partial charge in [0.1, 0.15) is 0 Å². The van der Waals surface area contributed by atoms with Crippen molar-refractivity contribution in [2.75, 3.05) is 27.8 Å². The molecule has 1 saturated heterocycles. The minimum absolute atomic E-state index is 0.0360. The molecule has 0 N–H and O–H groups in total. The fourth-order valence-corrected chi connectivity index (χ4v) is 4.93. The lowest BCUT2D eigenvalue weighted by Gasteiger charge is -2.40. The highest BCUT2D eigenvalue weighted by atomic mass is 16.5. The Hall–Kier alpha value is -1.14. The van der Waals surface area contributed by atoms with Gasteiger partial charge in [-0.15, -0.1) is 0 Å². The minimum Gasteiger partial charge on any atom is -0.379 e. The molecule has 2 amide bonds. The number of nitrogens with zero attached hydrogens (tertiary/aromatic N) is 2. The summed E-state index contributed by atoms with van der Waals surface area (Å²) in [7, 11) is 5.25. The smallest absolute Gasteiger partial charge is 0.225 e. The van der Waals surface area contributed by atoms with E-state index in [1.807, 2.05) is 16.8 Å². The van der Waals surface area contributed by atoms with Crippen molar-refractivity contribution in [1.29, 1.82) is 0 Å². The van der Waals surface area contributed by atoms with Crippen LogP contribution in [0.1, 0.15) is 80.6 Å². The Morgan fingerprint density at radius 3 is 2.19 bits per heavy atom. The molecule has 1 fully saturated rings. The van der Waals surface area contributed by atoms with Gasteiger partial charge >= 0.3 is 0 Å². The first-order chi connectivity index (χ1) is 14.4. The van der Waals surface area contributed by atoms with Crippen LogP contribution < -0.4 is 0 Å². The largest absolute Gasteiger partial charge is 0.379 e. The van der Waals surface area contributed by atoms with Crippen molar-refractivity contribution in [3.05, 3.63) is 0 Å². The monoisotopic (exact) mass is 440 g/mol. The topological polar surface area (TPSA) is 59.1 Å². The maximum atomic E-state index is 13.4. The Morgan fingerprint density at radius 1 is 1.13 bits per heavy atom. The second kappa shape index (κ2) is 12.2. The number of likely N-dealkylation sites (N-methyl/N-ethyl adjacent to an activating group) is 1. The van der Waals surface area contributed by atoms with Gasteiger partial charge in [-0.1, -0.05) is 54.9 Å². The number of methoxy groups -OCH3 is 2. The van der Waals surface area contributed by atoms with Crippen molar-refractivity contribution in [2.24, 2.45) is 17.3 Å². The molecule has 0 saturated carbocycles. The van der Waals surface area contributed by atoms with Gasteiger partial charge in [0.2, 0.25) is 11.8 Å². The number of carbonyl (C=O) groups is 2. The van der Waals surface area contributed by atoms with E-state index in [1.165, 1.54) is 0 Å². The normalized spacial score (nSPS) is 21.1. The molecule has 0 aromatic heterocycles. The first-order valence-electron chi connectivity index (χ1n) is 12.0. The fourth-order valence-electron chi connectivity index (χ4n) is 4.93. The number of carbonyl (C=O) groups excluding carboxylic acids is 2. The molecule has 0 spiro atoms. The van der Waals surface area contributed by atoms with Crippen LogP contribution in [0.4, 0.5) is 0 Å². The number of amides is 2. The van der Waals surface area contributed by atoms with Crippen LogP contribution in [-0.2, 0) is 19.1 Å². The maximum absolute atomic E-state index is 13.4. The zero-order valence-electron chi connectivity index (χ0n) is 21.7.